The van der Waals surface area contributed by atoms with Crippen molar-refractivity contribution in [3.05, 3.63) is 47.5 Å². The van der Waals surface area contributed by atoms with Gasteiger partial charge in [0.25, 0.3) is 5.91 Å². The molecule has 0 unspecified atom stereocenters. The summed E-state index contributed by atoms with van der Waals surface area (Å²) in [5.74, 6) is 1.63. The van der Waals surface area contributed by atoms with Crippen LogP contribution in [0.15, 0.2) is 41.9 Å². The SMILES string of the molecule is CC(C)Oc1ccc(C(=O)Nc2nc(-c3ccc4c(c3)OCO4)cs2)cn1. The van der Waals surface area contributed by atoms with Crippen LogP contribution in [0, 0.1) is 0 Å². The van der Waals surface area contributed by atoms with Crippen LogP contribution in [-0.4, -0.2) is 28.8 Å². The van der Waals surface area contributed by atoms with Gasteiger partial charge in [0.05, 0.1) is 17.4 Å². The maximum absolute atomic E-state index is 12.4. The summed E-state index contributed by atoms with van der Waals surface area (Å²) in [6.07, 6.45) is 1.52. The molecule has 7 nitrogen and oxygen atoms in total. The van der Waals surface area contributed by atoms with Crippen LogP contribution >= 0.6 is 11.3 Å². The number of amides is 1. The molecule has 0 fully saturated rings. The zero-order valence-corrected chi connectivity index (χ0v) is 15.6. The van der Waals surface area contributed by atoms with E-state index in [2.05, 4.69) is 15.3 Å². The lowest BCUT2D eigenvalue weighted by atomic mass is 10.1. The highest BCUT2D eigenvalue weighted by Crippen LogP contribution is 2.36. The van der Waals surface area contributed by atoms with Crippen LogP contribution in [0.4, 0.5) is 5.13 Å². The smallest absolute Gasteiger partial charge is 0.259 e. The van der Waals surface area contributed by atoms with Crippen LogP contribution in [0.3, 0.4) is 0 Å². The number of carbonyl (C=O) groups excluding carboxylic acids is 1. The Balaban J connectivity index is 1.45. The summed E-state index contributed by atoms with van der Waals surface area (Å²) in [7, 11) is 0. The van der Waals surface area contributed by atoms with Gasteiger partial charge in [-0.1, -0.05) is 0 Å². The van der Waals surface area contributed by atoms with E-state index in [9.17, 15) is 4.79 Å². The highest BCUT2D eigenvalue weighted by atomic mass is 32.1. The normalized spacial score (nSPS) is 12.3. The number of hydrogen-bond acceptors (Lipinski definition) is 7. The number of nitrogens with zero attached hydrogens (tertiary/aromatic N) is 2. The molecule has 1 amide bonds. The third-order valence-corrected chi connectivity index (χ3v) is 4.51. The molecule has 2 aromatic heterocycles. The Labute approximate surface area is 159 Å². The van der Waals surface area contributed by atoms with Crippen LogP contribution < -0.4 is 19.5 Å². The molecule has 1 N–H and O–H groups in total. The van der Waals surface area contributed by atoms with E-state index in [1.165, 1.54) is 17.5 Å². The van der Waals surface area contributed by atoms with Gasteiger partial charge >= 0.3 is 0 Å². The van der Waals surface area contributed by atoms with Crippen LogP contribution in [0.2, 0.25) is 0 Å². The van der Waals surface area contributed by atoms with Gasteiger partial charge in [-0.2, -0.15) is 0 Å². The zero-order chi connectivity index (χ0) is 18.8. The van der Waals surface area contributed by atoms with Gasteiger partial charge < -0.3 is 14.2 Å². The van der Waals surface area contributed by atoms with Crippen molar-refractivity contribution in [3.8, 4) is 28.6 Å². The fourth-order valence-electron chi connectivity index (χ4n) is 2.51. The molecule has 0 atom stereocenters. The van der Waals surface area contributed by atoms with Gasteiger partial charge in [-0.05, 0) is 38.1 Å². The Morgan fingerprint density at radius 2 is 2.07 bits per heavy atom. The molecule has 138 valence electrons. The van der Waals surface area contributed by atoms with Gasteiger partial charge in [0, 0.05) is 23.2 Å². The number of hydrogen-bond donors (Lipinski definition) is 1. The molecule has 0 saturated carbocycles. The van der Waals surface area contributed by atoms with E-state index in [4.69, 9.17) is 14.2 Å². The summed E-state index contributed by atoms with van der Waals surface area (Å²) < 4.78 is 16.2. The second-order valence-corrected chi connectivity index (χ2v) is 6.97. The van der Waals surface area contributed by atoms with Crippen LogP contribution in [0.25, 0.3) is 11.3 Å². The van der Waals surface area contributed by atoms with E-state index in [0.29, 0.717) is 22.3 Å². The van der Waals surface area contributed by atoms with Gasteiger partial charge in [0.15, 0.2) is 16.6 Å². The number of thiazole rings is 1. The fraction of sp³-hybridized carbons (Fsp3) is 0.211. The number of nitrogens with one attached hydrogen (secondary N) is 1. The van der Waals surface area contributed by atoms with Crippen molar-refractivity contribution in [3.63, 3.8) is 0 Å². The molecule has 3 heterocycles. The zero-order valence-electron chi connectivity index (χ0n) is 14.8. The summed E-state index contributed by atoms with van der Waals surface area (Å²) in [4.78, 5) is 21.0. The lowest BCUT2D eigenvalue weighted by Crippen LogP contribution is -2.12. The van der Waals surface area contributed by atoms with Gasteiger partial charge in [0.2, 0.25) is 12.7 Å². The first-order chi connectivity index (χ1) is 13.1. The molecule has 0 spiro atoms. The number of rotatable bonds is 5. The van der Waals surface area contributed by atoms with E-state index in [1.54, 1.807) is 12.1 Å². The maximum Gasteiger partial charge on any atom is 0.259 e. The van der Waals surface area contributed by atoms with Crippen molar-refractivity contribution in [1.29, 1.82) is 0 Å². The Morgan fingerprint density at radius 1 is 1.22 bits per heavy atom. The lowest BCUT2D eigenvalue weighted by molar-refractivity contribution is 0.102. The predicted molar refractivity (Wildman–Crippen MR) is 102 cm³/mol. The number of anilines is 1. The second-order valence-electron chi connectivity index (χ2n) is 6.11. The Bertz CT molecular complexity index is 969. The van der Waals surface area contributed by atoms with E-state index < -0.39 is 0 Å². The van der Waals surface area contributed by atoms with Crippen molar-refractivity contribution in [2.45, 2.75) is 20.0 Å². The molecule has 0 radical (unpaired) electrons. The largest absolute Gasteiger partial charge is 0.475 e. The van der Waals surface area contributed by atoms with E-state index in [0.717, 1.165) is 17.0 Å². The van der Waals surface area contributed by atoms with Gasteiger partial charge in [-0.3, -0.25) is 10.1 Å². The molecule has 0 aliphatic carbocycles. The quantitative estimate of drug-likeness (QED) is 0.718. The monoisotopic (exact) mass is 383 g/mol. The number of ether oxygens (including phenoxy) is 3. The number of benzene rings is 1. The first-order valence-corrected chi connectivity index (χ1v) is 9.26. The minimum atomic E-state index is -0.273. The minimum Gasteiger partial charge on any atom is -0.475 e. The minimum absolute atomic E-state index is 0.0297. The van der Waals surface area contributed by atoms with Crippen molar-refractivity contribution in [2.75, 3.05) is 12.1 Å². The first kappa shape index (κ1) is 17.3. The number of pyridine rings is 1. The Morgan fingerprint density at radius 3 is 2.85 bits per heavy atom. The van der Waals surface area contributed by atoms with Crippen molar-refractivity contribution >= 4 is 22.4 Å². The standard InChI is InChI=1S/C19H17N3O4S/c1-11(2)26-17-6-4-13(8-20-17)18(23)22-19-21-14(9-27-19)12-3-5-15-16(7-12)25-10-24-15/h3-9,11H,10H2,1-2H3,(H,21,22,23). The molecule has 27 heavy (non-hydrogen) atoms. The van der Waals surface area contributed by atoms with Gasteiger partial charge in [0.1, 0.15) is 0 Å². The highest BCUT2D eigenvalue weighted by molar-refractivity contribution is 7.14. The summed E-state index contributed by atoms with van der Waals surface area (Å²) >= 11 is 1.35. The third kappa shape index (κ3) is 3.85. The first-order valence-electron chi connectivity index (χ1n) is 8.38. The van der Waals surface area contributed by atoms with Crippen molar-refractivity contribution < 1.29 is 19.0 Å². The molecular formula is C19H17N3O4S. The van der Waals surface area contributed by atoms with E-state index >= 15 is 0 Å². The number of aromatic nitrogens is 2. The number of carbonyl (C=O) groups is 1. The fourth-order valence-corrected chi connectivity index (χ4v) is 3.23. The van der Waals surface area contributed by atoms with Gasteiger partial charge in [-0.25, -0.2) is 9.97 Å². The lowest BCUT2D eigenvalue weighted by Gasteiger charge is -2.08. The molecule has 4 rings (SSSR count). The molecule has 8 heteroatoms. The average Bonchev–Trinajstić information content (AvgIpc) is 3.30. The molecule has 1 aliphatic heterocycles. The molecule has 1 aromatic carbocycles. The summed E-state index contributed by atoms with van der Waals surface area (Å²) in [6, 6.07) is 8.98. The summed E-state index contributed by atoms with van der Waals surface area (Å²) in [6.45, 7) is 4.07. The van der Waals surface area contributed by atoms with E-state index in [1.807, 2.05) is 37.4 Å². The van der Waals surface area contributed by atoms with Crippen LogP contribution in [0.5, 0.6) is 17.4 Å². The molecule has 0 bridgehead atoms. The maximum atomic E-state index is 12.4. The highest BCUT2D eigenvalue weighted by Gasteiger charge is 2.16. The van der Waals surface area contributed by atoms with Gasteiger partial charge in [-0.15, -0.1) is 11.3 Å². The van der Waals surface area contributed by atoms with Crippen LogP contribution in [0.1, 0.15) is 24.2 Å². The molecular weight excluding hydrogens is 366 g/mol. The summed E-state index contributed by atoms with van der Waals surface area (Å²) in [5.41, 5.74) is 2.09. The van der Waals surface area contributed by atoms with E-state index in [-0.39, 0.29) is 18.8 Å². The predicted octanol–water partition coefficient (Wildman–Crippen LogP) is 3.97. The topological polar surface area (TPSA) is 82.6 Å². The molecule has 3 aromatic rings. The molecule has 0 saturated heterocycles. The summed E-state index contributed by atoms with van der Waals surface area (Å²) in [5, 5.41) is 5.18. The van der Waals surface area contributed by atoms with Crippen molar-refractivity contribution in [1.82, 2.24) is 9.97 Å². The second kappa shape index (κ2) is 7.24. The number of fused-ring (bicyclic) bond motifs is 1. The molecule has 1 aliphatic rings. The van der Waals surface area contributed by atoms with Crippen molar-refractivity contribution in [2.24, 2.45) is 0 Å². The third-order valence-electron chi connectivity index (χ3n) is 3.75. The Kier molecular flexibility index (Phi) is 4.64. The average molecular weight is 383 g/mol. The Hall–Kier alpha value is -3.13. The van der Waals surface area contributed by atoms with Crippen LogP contribution in [-0.2, 0) is 0 Å².